The highest BCUT2D eigenvalue weighted by atomic mass is 79.9. The Hall–Kier alpha value is -0.840. The van der Waals surface area contributed by atoms with E-state index in [-0.39, 0.29) is 6.61 Å². The summed E-state index contributed by atoms with van der Waals surface area (Å²) in [6.07, 6.45) is 4.24. The molecule has 0 atom stereocenters. The molecule has 18 heavy (non-hydrogen) atoms. The minimum Gasteiger partial charge on any atom is -0.464 e. The summed E-state index contributed by atoms with van der Waals surface area (Å²) in [7, 11) is 0. The Morgan fingerprint density at radius 1 is 1.22 bits per heavy atom. The van der Waals surface area contributed by atoms with Gasteiger partial charge >= 0.3 is 0 Å². The van der Waals surface area contributed by atoms with Gasteiger partial charge in [-0.3, -0.25) is 4.90 Å². The molecule has 96 valence electrons. The van der Waals surface area contributed by atoms with Crippen LogP contribution in [0.3, 0.4) is 0 Å². The molecule has 0 unspecified atom stereocenters. The number of furan rings is 1. The molecule has 1 aliphatic heterocycles. The monoisotopic (exact) mass is 309 g/mol. The van der Waals surface area contributed by atoms with Crippen LogP contribution in [0, 0.1) is 0 Å². The summed E-state index contributed by atoms with van der Waals surface area (Å²) in [5, 5.41) is 10.3. The fourth-order valence-corrected chi connectivity index (χ4v) is 3.15. The molecular formula is C14H16BrNO2. The summed E-state index contributed by atoms with van der Waals surface area (Å²) in [6, 6.07) is 4.13. The Morgan fingerprint density at radius 2 is 2.00 bits per heavy atom. The van der Waals surface area contributed by atoms with Crippen molar-refractivity contribution in [2.24, 2.45) is 0 Å². The number of aliphatic hydroxyl groups is 1. The Bertz CT molecular complexity index is 558. The van der Waals surface area contributed by atoms with Gasteiger partial charge in [-0.2, -0.15) is 0 Å². The van der Waals surface area contributed by atoms with Crippen LogP contribution in [-0.4, -0.2) is 23.1 Å². The van der Waals surface area contributed by atoms with Crippen molar-refractivity contribution in [3.63, 3.8) is 0 Å². The van der Waals surface area contributed by atoms with Gasteiger partial charge in [-0.1, -0.05) is 15.9 Å². The van der Waals surface area contributed by atoms with Crippen molar-refractivity contribution in [2.45, 2.75) is 26.0 Å². The highest BCUT2D eigenvalue weighted by molar-refractivity contribution is 9.10. The maximum Gasteiger partial charge on any atom is 0.138 e. The van der Waals surface area contributed by atoms with E-state index in [2.05, 4.69) is 26.9 Å². The molecule has 4 heteroatoms. The second-order valence-corrected chi connectivity index (χ2v) is 5.76. The van der Waals surface area contributed by atoms with Gasteiger partial charge in [0.05, 0.1) is 12.9 Å². The Labute approximate surface area is 115 Å². The van der Waals surface area contributed by atoms with E-state index < -0.39 is 0 Å². The topological polar surface area (TPSA) is 36.6 Å². The van der Waals surface area contributed by atoms with E-state index in [1.165, 1.54) is 31.5 Å². The molecule has 1 aromatic carbocycles. The van der Waals surface area contributed by atoms with Gasteiger partial charge in [0, 0.05) is 27.5 Å². The fraction of sp³-hybridized carbons (Fsp3) is 0.429. The second-order valence-electron chi connectivity index (χ2n) is 4.84. The second kappa shape index (κ2) is 5.03. The zero-order valence-electron chi connectivity index (χ0n) is 10.2. The molecule has 2 aromatic rings. The number of hydrogen-bond acceptors (Lipinski definition) is 3. The van der Waals surface area contributed by atoms with E-state index in [9.17, 15) is 5.11 Å². The third kappa shape index (κ3) is 2.20. The van der Waals surface area contributed by atoms with Crippen LogP contribution >= 0.6 is 15.9 Å². The number of fused-ring (bicyclic) bond motifs is 1. The zero-order chi connectivity index (χ0) is 12.5. The van der Waals surface area contributed by atoms with Gasteiger partial charge in [0.25, 0.3) is 0 Å². The van der Waals surface area contributed by atoms with Crippen LogP contribution in [-0.2, 0) is 13.2 Å². The normalized spacial score (nSPS) is 16.8. The quantitative estimate of drug-likeness (QED) is 0.945. The summed E-state index contributed by atoms with van der Waals surface area (Å²) >= 11 is 3.54. The van der Waals surface area contributed by atoms with Gasteiger partial charge in [0.1, 0.15) is 5.58 Å². The molecule has 1 N–H and O–H groups in total. The number of hydrogen-bond donors (Lipinski definition) is 1. The lowest BCUT2D eigenvalue weighted by molar-refractivity contribution is 0.281. The SMILES string of the molecule is OCc1coc2c(CN3CCCC3)cc(Br)cc12. The van der Waals surface area contributed by atoms with E-state index in [1.54, 1.807) is 6.26 Å². The molecule has 0 aliphatic carbocycles. The first-order valence-corrected chi connectivity index (χ1v) is 7.09. The van der Waals surface area contributed by atoms with E-state index in [4.69, 9.17) is 4.42 Å². The molecule has 0 amide bonds. The lowest BCUT2D eigenvalue weighted by Gasteiger charge is -2.15. The van der Waals surface area contributed by atoms with Crippen LogP contribution in [0.2, 0.25) is 0 Å². The molecule has 3 nitrogen and oxygen atoms in total. The lowest BCUT2D eigenvalue weighted by atomic mass is 10.1. The maximum absolute atomic E-state index is 9.30. The van der Waals surface area contributed by atoms with Gasteiger partial charge in [0.2, 0.25) is 0 Å². The van der Waals surface area contributed by atoms with Crippen molar-refractivity contribution in [3.05, 3.63) is 34.0 Å². The Balaban J connectivity index is 2.01. The summed E-state index contributed by atoms with van der Waals surface area (Å²) in [4.78, 5) is 2.45. The summed E-state index contributed by atoms with van der Waals surface area (Å²) in [6.45, 7) is 3.28. The van der Waals surface area contributed by atoms with Crippen LogP contribution < -0.4 is 0 Å². The van der Waals surface area contributed by atoms with Crippen molar-refractivity contribution in [2.75, 3.05) is 13.1 Å². The molecule has 0 spiro atoms. The van der Waals surface area contributed by atoms with E-state index >= 15 is 0 Å². The average Bonchev–Trinajstić information content (AvgIpc) is 2.97. The summed E-state index contributed by atoms with van der Waals surface area (Å²) < 4.78 is 6.67. The zero-order valence-corrected chi connectivity index (χ0v) is 11.7. The molecule has 1 fully saturated rings. The van der Waals surface area contributed by atoms with Gasteiger partial charge in [-0.05, 0) is 38.1 Å². The van der Waals surface area contributed by atoms with Crippen LogP contribution in [0.25, 0.3) is 11.0 Å². The molecule has 1 aromatic heterocycles. The fourth-order valence-electron chi connectivity index (χ4n) is 2.64. The van der Waals surface area contributed by atoms with Gasteiger partial charge in [-0.15, -0.1) is 0 Å². The number of aliphatic hydroxyl groups excluding tert-OH is 1. The number of halogens is 1. The number of benzene rings is 1. The molecular weight excluding hydrogens is 294 g/mol. The minimum atomic E-state index is 0.0204. The Morgan fingerprint density at radius 3 is 2.72 bits per heavy atom. The molecule has 2 heterocycles. The van der Waals surface area contributed by atoms with Crippen molar-refractivity contribution in [1.29, 1.82) is 0 Å². The first-order chi connectivity index (χ1) is 8.78. The Kier molecular flexibility index (Phi) is 3.41. The van der Waals surface area contributed by atoms with Gasteiger partial charge in [0.15, 0.2) is 0 Å². The predicted molar refractivity (Wildman–Crippen MR) is 74.3 cm³/mol. The lowest BCUT2D eigenvalue weighted by Crippen LogP contribution is -2.18. The predicted octanol–water partition coefficient (Wildman–Crippen LogP) is 3.28. The molecule has 1 saturated heterocycles. The first-order valence-electron chi connectivity index (χ1n) is 6.29. The van der Waals surface area contributed by atoms with E-state index in [1.807, 2.05) is 6.07 Å². The number of rotatable bonds is 3. The van der Waals surface area contributed by atoms with Gasteiger partial charge < -0.3 is 9.52 Å². The number of nitrogens with zero attached hydrogens (tertiary/aromatic N) is 1. The first kappa shape index (κ1) is 12.2. The molecule has 0 saturated carbocycles. The minimum absolute atomic E-state index is 0.0204. The standard InChI is InChI=1S/C14H16BrNO2/c15-12-5-10(7-16-3-1-2-4-16)14-13(6-12)11(8-17)9-18-14/h5-6,9,17H,1-4,7-8H2. The molecule has 0 radical (unpaired) electrons. The van der Waals surface area contributed by atoms with Crippen LogP contribution in [0.1, 0.15) is 24.0 Å². The number of likely N-dealkylation sites (tertiary alicyclic amines) is 1. The summed E-state index contributed by atoms with van der Waals surface area (Å²) in [5.74, 6) is 0. The smallest absolute Gasteiger partial charge is 0.138 e. The van der Waals surface area contributed by atoms with Crippen LogP contribution in [0.4, 0.5) is 0 Å². The molecule has 0 bridgehead atoms. The largest absolute Gasteiger partial charge is 0.464 e. The van der Waals surface area contributed by atoms with Gasteiger partial charge in [-0.25, -0.2) is 0 Å². The maximum atomic E-state index is 9.30. The van der Waals surface area contributed by atoms with Crippen molar-refractivity contribution in [3.8, 4) is 0 Å². The average molecular weight is 310 g/mol. The highest BCUT2D eigenvalue weighted by Crippen LogP contribution is 2.30. The molecule has 3 rings (SSSR count). The van der Waals surface area contributed by atoms with Crippen LogP contribution in [0.5, 0.6) is 0 Å². The third-order valence-corrected chi connectivity index (χ3v) is 4.02. The van der Waals surface area contributed by atoms with Crippen molar-refractivity contribution in [1.82, 2.24) is 4.90 Å². The van der Waals surface area contributed by atoms with E-state index in [0.29, 0.717) is 0 Å². The third-order valence-electron chi connectivity index (χ3n) is 3.56. The van der Waals surface area contributed by atoms with E-state index in [0.717, 1.165) is 27.6 Å². The summed E-state index contributed by atoms with van der Waals surface area (Å²) in [5.41, 5.74) is 2.96. The van der Waals surface area contributed by atoms with Crippen molar-refractivity contribution >= 4 is 26.9 Å². The molecule has 1 aliphatic rings. The van der Waals surface area contributed by atoms with Crippen LogP contribution in [0.15, 0.2) is 27.3 Å². The highest BCUT2D eigenvalue weighted by Gasteiger charge is 2.16. The van der Waals surface area contributed by atoms with Crippen molar-refractivity contribution < 1.29 is 9.52 Å².